The van der Waals surface area contributed by atoms with Gasteiger partial charge in [0.1, 0.15) is 11.5 Å². The number of likely N-dealkylation sites (tertiary alicyclic amines) is 1. The molecule has 7 heteroatoms. The number of rotatable bonds is 5. The molecule has 0 bridgehead atoms. The van der Waals surface area contributed by atoms with Crippen LogP contribution in [0.5, 0.6) is 11.5 Å². The fourth-order valence-corrected chi connectivity index (χ4v) is 4.40. The molecule has 2 heterocycles. The minimum atomic E-state index is -1.22. The molecule has 1 aliphatic rings. The predicted molar refractivity (Wildman–Crippen MR) is 125 cm³/mol. The largest absolute Gasteiger partial charge is 0.508 e. The number of aromatic nitrogens is 1. The number of carbonyl (C=O) groups is 1. The fourth-order valence-electron chi connectivity index (χ4n) is 4.40. The molecule has 7 nitrogen and oxygen atoms in total. The summed E-state index contributed by atoms with van der Waals surface area (Å²) in [7, 11) is 0. The maximum absolute atomic E-state index is 11.9. The van der Waals surface area contributed by atoms with E-state index in [4.69, 9.17) is 4.52 Å². The van der Waals surface area contributed by atoms with E-state index >= 15 is 0 Å². The average molecular weight is 451 g/mol. The van der Waals surface area contributed by atoms with Crippen LogP contribution in [0.2, 0.25) is 0 Å². The summed E-state index contributed by atoms with van der Waals surface area (Å²) < 4.78 is 5.46. The Morgan fingerprint density at radius 2 is 1.70 bits per heavy atom. The fraction of sp³-hybridized carbons (Fsp3) is 0.385. The lowest BCUT2D eigenvalue weighted by molar-refractivity contribution is 0.0686. The van der Waals surface area contributed by atoms with Crippen molar-refractivity contribution in [1.82, 2.24) is 10.1 Å². The number of carboxylic acids is 1. The second-order valence-corrected chi connectivity index (χ2v) is 9.71. The van der Waals surface area contributed by atoms with Crippen LogP contribution in [-0.4, -0.2) is 44.4 Å². The standard InChI is InChI=1S/C26H30N2O5/c1-26(2,3)19-13-18(20(29)14-21(19)30)24-22(23(25(31)32)27-33-24)17-9-7-16(8-10-17)15-28-11-5-4-6-12-28/h7-10,13-14,29-30H,4-6,11-12,15H2,1-3H3,(H,31,32). The zero-order valence-electron chi connectivity index (χ0n) is 19.3. The number of phenolic OH excluding ortho intramolecular Hbond substituents is 2. The third kappa shape index (κ3) is 4.73. The Balaban J connectivity index is 1.76. The van der Waals surface area contributed by atoms with Gasteiger partial charge in [-0.1, -0.05) is 56.6 Å². The Morgan fingerprint density at radius 1 is 1.03 bits per heavy atom. The summed E-state index contributed by atoms with van der Waals surface area (Å²) in [6.07, 6.45) is 3.72. The summed E-state index contributed by atoms with van der Waals surface area (Å²) in [6.45, 7) is 8.86. The van der Waals surface area contributed by atoms with Gasteiger partial charge < -0.3 is 19.8 Å². The molecular formula is C26H30N2O5. The SMILES string of the molecule is CC(C)(C)c1cc(-c2onc(C(=O)O)c2-c2ccc(CN3CCCCC3)cc2)c(O)cc1O. The summed E-state index contributed by atoms with van der Waals surface area (Å²) in [6, 6.07) is 10.6. The van der Waals surface area contributed by atoms with Crippen LogP contribution in [0.1, 0.15) is 61.6 Å². The lowest BCUT2D eigenvalue weighted by Crippen LogP contribution is -2.28. The first-order chi connectivity index (χ1) is 15.6. The summed E-state index contributed by atoms with van der Waals surface area (Å²) in [5.41, 5.74) is 2.34. The third-order valence-corrected chi connectivity index (χ3v) is 6.16. The molecule has 4 rings (SSSR count). The highest BCUT2D eigenvalue weighted by molar-refractivity contribution is 5.99. The van der Waals surface area contributed by atoms with Gasteiger partial charge in [0.05, 0.1) is 11.1 Å². The van der Waals surface area contributed by atoms with E-state index in [9.17, 15) is 20.1 Å². The lowest BCUT2D eigenvalue weighted by Gasteiger charge is -2.26. The number of benzene rings is 2. The monoisotopic (exact) mass is 450 g/mol. The Kier molecular flexibility index (Phi) is 6.17. The van der Waals surface area contributed by atoms with Crippen LogP contribution in [0.3, 0.4) is 0 Å². The van der Waals surface area contributed by atoms with Gasteiger partial charge in [0.25, 0.3) is 0 Å². The van der Waals surface area contributed by atoms with E-state index in [0.29, 0.717) is 16.7 Å². The van der Waals surface area contributed by atoms with Crippen molar-refractivity contribution in [3.8, 4) is 33.9 Å². The molecule has 0 saturated carbocycles. The van der Waals surface area contributed by atoms with Crippen molar-refractivity contribution in [1.29, 1.82) is 0 Å². The zero-order valence-corrected chi connectivity index (χ0v) is 19.3. The van der Waals surface area contributed by atoms with E-state index in [1.165, 1.54) is 25.3 Å². The number of phenols is 2. The Hall–Kier alpha value is -3.32. The van der Waals surface area contributed by atoms with E-state index in [1.54, 1.807) is 6.07 Å². The van der Waals surface area contributed by atoms with Crippen LogP contribution in [0.25, 0.3) is 22.5 Å². The molecule has 2 aromatic carbocycles. The highest BCUT2D eigenvalue weighted by Crippen LogP contribution is 2.44. The topological polar surface area (TPSA) is 107 Å². The molecule has 3 N–H and O–H groups in total. The van der Waals surface area contributed by atoms with Gasteiger partial charge in [-0.2, -0.15) is 0 Å². The molecule has 1 saturated heterocycles. The van der Waals surface area contributed by atoms with Gasteiger partial charge in [-0.3, -0.25) is 4.90 Å². The molecule has 3 aromatic rings. The highest BCUT2D eigenvalue weighted by atomic mass is 16.5. The molecule has 33 heavy (non-hydrogen) atoms. The second-order valence-electron chi connectivity index (χ2n) is 9.71. The maximum atomic E-state index is 11.9. The average Bonchev–Trinajstić information content (AvgIpc) is 3.19. The van der Waals surface area contributed by atoms with Gasteiger partial charge in [0.2, 0.25) is 0 Å². The maximum Gasteiger partial charge on any atom is 0.358 e. The van der Waals surface area contributed by atoms with Crippen LogP contribution < -0.4 is 0 Å². The molecule has 0 atom stereocenters. The quantitative estimate of drug-likeness (QED) is 0.478. The minimum absolute atomic E-state index is 0.0367. The number of nitrogens with zero attached hydrogens (tertiary/aromatic N) is 2. The molecule has 174 valence electrons. The van der Waals surface area contributed by atoms with Gasteiger partial charge in [0.15, 0.2) is 11.5 Å². The van der Waals surface area contributed by atoms with Crippen molar-refractivity contribution in [2.45, 2.75) is 52.0 Å². The van der Waals surface area contributed by atoms with Crippen LogP contribution in [0, 0.1) is 0 Å². The lowest BCUT2D eigenvalue weighted by atomic mass is 9.84. The third-order valence-electron chi connectivity index (χ3n) is 6.16. The van der Waals surface area contributed by atoms with E-state index < -0.39 is 11.4 Å². The van der Waals surface area contributed by atoms with Gasteiger partial charge >= 0.3 is 5.97 Å². The molecule has 1 aliphatic heterocycles. The molecular weight excluding hydrogens is 420 g/mol. The first kappa shape index (κ1) is 22.9. The first-order valence-electron chi connectivity index (χ1n) is 11.3. The predicted octanol–water partition coefficient (Wildman–Crippen LogP) is 5.40. The van der Waals surface area contributed by atoms with Crippen molar-refractivity contribution < 1.29 is 24.6 Å². The van der Waals surface area contributed by atoms with Gasteiger partial charge in [-0.15, -0.1) is 0 Å². The molecule has 0 amide bonds. The number of aromatic carboxylic acids is 1. The highest BCUT2D eigenvalue weighted by Gasteiger charge is 2.28. The van der Waals surface area contributed by atoms with Gasteiger partial charge in [0, 0.05) is 18.2 Å². The van der Waals surface area contributed by atoms with Crippen LogP contribution in [0.4, 0.5) is 0 Å². The Labute approximate surface area is 193 Å². The Morgan fingerprint density at radius 3 is 2.30 bits per heavy atom. The number of aromatic hydroxyl groups is 2. The Bertz CT molecular complexity index is 1150. The van der Waals surface area contributed by atoms with Crippen molar-refractivity contribution in [3.63, 3.8) is 0 Å². The van der Waals surface area contributed by atoms with Crippen molar-refractivity contribution in [3.05, 3.63) is 53.2 Å². The summed E-state index contributed by atoms with van der Waals surface area (Å²) in [5, 5.41) is 34.4. The van der Waals surface area contributed by atoms with Crippen LogP contribution in [0.15, 0.2) is 40.9 Å². The molecule has 0 aliphatic carbocycles. The van der Waals surface area contributed by atoms with Crippen molar-refractivity contribution in [2.24, 2.45) is 0 Å². The smallest absolute Gasteiger partial charge is 0.358 e. The molecule has 0 unspecified atom stereocenters. The summed E-state index contributed by atoms with van der Waals surface area (Å²) in [4.78, 5) is 14.3. The van der Waals surface area contributed by atoms with Gasteiger partial charge in [-0.05, 0) is 48.5 Å². The van der Waals surface area contributed by atoms with E-state index in [1.807, 2.05) is 45.0 Å². The number of piperidine rings is 1. The van der Waals surface area contributed by atoms with Crippen LogP contribution in [-0.2, 0) is 12.0 Å². The van der Waals surface area contributed by atoms with E-state index in [0.717, 1.165) is 25.2 Å². The van der Waals surface area contributed by atoms with Gasteiger partial charge in [-0.25, -0.2) is 4.79 Å². The molecule has 0 spiro atoms. The molecule has 1 aromatic heterocycles. The normalized spacial score (nSPS) is 15.0. The van der Waals surface area contributed by atoms with Crippen LogP contribution >= 0.6 is 0 Å². The zero-order chi connectivity index (χ0) is 23.8. The van der Waals surface area contributed by atoms with E-state index in [-0.39, 0.29) is 28.5 Å². The summed E-state index contributed by atoms with van der Waals surface area (Å²) >= 11 is 0. The molecule has 0 radical (unpaired) electrons. The summed E-state index contributed by atoms with van der Waals surface area (Å²) in [5.74, 6) is -1.31. The minimum Gasteiger partial charge on any atom is -0.508 e. The second kappa shape index (κ2) is 8.90. The van der Waals surface area contributed by atoms with Crippen molar-refractivity contribution in [2.75, 3.05) is 13.1 Å². The number of hydrogen-bond donors (Lipinski definition) is 3. The first-order valence-corrected chi connectivity index (χ1v) is 11.3. The van der Waals surface area contributed by atoms with E-state index in [2.05, 4.69) is 10.1 Å². The molecule has 1 fully saturated rings. The number of hydrogen-bond acceptors (Lipinski definition) is 6. The number of carboxylic acid groups (broad SMARTS) is 1. The van der Waals surface area contributed by atoms with Crippen molar-refractivity contribution >= 4 is 5.97 Å².